The van der Waals surface area contributed by atoms with Gasteiger partial charge in [0.05, 0.1) is 16.8 Å². The van der Waals surface area contributed by atoms with Crippen LogP contribution in [0.4, 0.5) is 13.2 Å². The molecule has 28 heavy (non-hydrogen) atoms. The largest absolute Gasteiger partial charge is 0.416 e. The molecule has 3 aromatic heterocycles. The van der Waals surface area contributed by atoms with Crippen LogP contribution in [-0.4, -0.2) is 25.5 Å². The van der Waals surface area contributed by atoms with Gasteiger partial charge in [-0.15, -0.1) is 0 Å². The molecular weight excluding hydrogens is 395 g/mol. The van der Waals surface area contributed by atoms with Crippen LogP contribution in [0.5, 0.6) is 0 Å². The van der Waals surface area contributed by atoms with Gasteiger partial charge in [-0.25, -0.2) is 9.50 Å². The van der Waals surface area contributed by atoms with Crippen LogP contribution in [0.1, 0.15) is 16.1 Å². The lowest BCUT2D eigenvalue weighted by Crippen LogP contribution is -2.13. The van der Waals surface area contributed by atoms with E-state index >= 15 is 0 Å². The Bertz CT molecular complexity index is 1210. The molecule has 1 aromatic carbocycles. The molecule has 0 atom stereocenters. The van der Waals surface area contributed by atoms with Gasteiger partial charge in [-0.2, -0.15) is 18.3 Å². The van der Waals surface area contributed by atoms with Crippen LogP contribution in [0, 0.1) is 0 Å². The summed E-state index contributed by atoms with van der Waals surface area (Å²) in [5.74, 6) is -0.838. The van der Waals surface area contributed by atoms with E-state index in [-0.39, 0.29) is 21.8 Å². The van der Waals surface area contributed by atoms with E-state index in [2.05, 4.69) is 15.1 Å². The lowest BCUT2D eigenvalue weighted by molar-refractivity contribution is -0.137. The van der Waals surface area contributed by atoms with Crippen LogP contribution >= 0.6 is 11.6 Å². The zero-order chi connectivity index (χ0) is 20.1. The topological polar surface area (TPSA) is 89.1 Å². The number of amides is 1. The smallest absolute Gasteiger partial charge is 0.364 e. The number of alkyl halides is 3. The average molecular weight is 406 g/mol. The second-order valence-electron chi connectivity index (χ2n) is 5.97. The Morgan fingerprint density at radius 3 is 2.68 bits per heavy atom. The molecule has 0 radical (unpaired) electrons. The zero-order valence-electron chi connectivity index (χ0n) is 14.0. The minimum atomic E-state index is -4.56. The summed E-state index contributed by atoms with van der Waals surface area (Å²) in [6.07, 6.45) is -1.52. The van der Waals surface area contributed by atoms with E-state index in [1.807, 2.05) is 0 Å². The first kappa shape index (κ1) is 18.1. The van der Waals surface area contributed by atoms with Gasteiger partial charge in [0.15, 0.2) is 0 Å². The number of aromatic amines is 1. The van der Waals surface area contributed by atoms with Gasteiger partial charge >= 0.3 is 6.18 Å². The monoisotopic (exact) mass is 405 g/mol. The van der Waals surface area contributed by atoms with E-state index in [0.29, 0.717) is 16.9 Å². The fraction of sp³-hybridized carbons (Fsp3) is 0.0556. The molecule has 0 aliphatic rings. The van der Waals surface area contributed by atoms with Gasteiger partial charge in [0.1, 0.15) is 17.7 Å². The SMILES string of the molecule is NC(=O)c1[nH]c(-c2ncnn3cccc23)cc1-c1cc(C(F)(F)F)ccc1Cl. The minimum absolute atomic E-state index is 0.0354. The number of primary amides is 1. The second-order valence-corrected chi connectivity index (χ2v) is 6.38. The van der Waals surface area contributed by atoms with E-state index in [1.54, 1.807) is 22.8 Å². The first-order chi connectivity index (χ1) is 13.3. The number of carbonyl (C=O) groups is 1. The standard InChI is InChI=1S/C18H11ClF3N5O/c19-12-4-3-9(18(20,21)22)6-10(12)11-7-13(26-15(11)17(23)28)16-14-2-1-5-27(14)25-8-24-16/h1-8,26H,(H2,23,28). The molecule has 0 spiro atoms. The van der Waals surface area contributed by atoms with E-state index in [4.69, 9.17) is 17.3 Å². The van der Waals surface area contributed by atoms with Gasteiger partial charge in [0.25, 0.3) is 5.91 Å². The van der Waals surface area contributed by atoms with Gasteiger partial charge in [0, 0.05) is 22.3 Å². The van der Waals surface area contributed by atoms with Gasteiger partial charge in [0.2, 0.25) is 0 Å². The number of H-pyrrole nitrogens is 1. The minimum Gasteiger partial charge on any atom is -0.364 e. The van der Waals surface area contributed by atoms with Crippen LogP contribution < -0.4 is 5.73 Å². The molecule has 4 rings (SSSR count). The third kappa shape index (κ3) is 2.99. The molecule has 0 saturated heterocycles. The number of nitrogens with zero attached hydrogens (tertiary/aromatic N) is 3. The number of aromatic nitrogens is 4. The highest BCUT2D eigenvalue weighted by Crippen LogP contribution is 2.38. The Balaban J connectivity index is 1.94. The fourth-order valence-electron chi connectivity index (χ4n) is 2.97. The number of benzene rings is 1. The maximum Gasteiger partial charge on any atom is 0.416 e. The molecular formula is C18H11ClF3N5O. The highest BCUT2D eigenvalue weighted by atomic mass is 35.5. The summed E-state index contributed by atoms with van der Waals surface area (Å²) in [5.41, 5.74) is 6.16. The van der Waals surface area contributed by atoms with Crippen molar-refractivity contribution >= 4 is 23.0 Å². The van der Waals surface area contributed by atoms with Crippen LogP contribution in [0.3, 0.4) is 0 Å². The third-order valence-electron chi connectivity index (χ3n) is 4.24. The van der Waals surface area contributed by atoms with Crippen LogP contribution in [0.2, 0.25) is 5.02 Å². The van der Waals surface area contributed by atoms with Crippen molar-refractivity contribution in [1.82, 2.24) is 19.6 Å². The van der Waals surface area contributed by atoms with Crippen molar-refractivity contribution in [2.24, 2.45) is 5.73 Å². The molecule has 1 amide bonds. The molecule has 0 aliphatic carbocycles. The summed E-state index contributed by atoms with van der Waals surface area (Å²) in [7, 11) is 0. The molecule has 0 bridgehead atoms. The number of carbonyl (C=O) groups excluding carboxylic acids is 1. The number of hydrogen-bond donors (Lipinski definition) is 2. The number of fused-ring (bicyclic) bond motifs is 1. The summed E-state index contributed by atoms with van der Waals surface area (Å²) in [5, 5.41) is 4.11. The molecule has 142 valence electrons. The molecule has 0 aliphatic heterocycles. The van der Waals surface area contributed by atoms with E-state index < -0.39 is 17.6 Å². The van der Waals surface area contributed by atoms with E-state index in [9.17, 15) is 18.0 Å². The highest BCUT2D eigenvalue weighted by Gasteiger charge is 2.31. The van der Waals surface area contributed by atoms with Crippen molar-refractivity contribution < 1.29 is 18.0 Å². The molecule has 10 heteroatoms. The molecule has 6 nitrogen and oxygen atoms in total. The van der Waals surface area contributed by atoms with E-state index in [1.165, 1.54) is 12.4 Å². The second kappa shape index (κ2) is 6.38. The van der Waals surface area contributed by atoms with Crippen molar-refractivity contribution in [3.05, 3.63) is 65.2 Å². The fourth-order valence-corrected chi connectivity index (χ4v) is 3.19. The Hall–Kier alpha value is -3.33. The van der Waals surface area contributed by atoms with Crippen molar-refractivity contribution in [2.45, 2.75) is 6.18 Å². The Morgan fingerprint density at radius 2 is 1.96 bits per heavy atom. The number of halogens is 4. The highest BCUT2D eigenvalue weighted by molar-refractivity contribution is 6.33. The van der Waals surface area contributed by atoms with Crippen molar-refractivity contribution in [2.75, 3.05) is 0 Å². The summed E-state index contributed by atoms with van der Waals surface area (Å²) >= 11 is 6.13. The predicted molar refractivity (Wildman–Crippen MR) is 96.7 cm³/mol. The van der Waals surface area contributed by atoms with Crippen LogP contribution in [0.15, 0.2) is 48.9 Å². The van der Waals surface area contributed by atoms with Crippen LogP contribution in [0.25, 0.3) is 28.0 Å². The maximum absolute atomic E-state index is 13.1. The Kier molecular flexibility index (Phi) is 4.11. The normalized spacial score (nSPS) is 11.9. The first-order valence-corrected chi connectivity index (χ1v) is 8.32. The summed E-state index contributed by atoms with van der Waals surface area (Å²) < 4.78 is 40.9. The van der Waals surface area contributed by atoms with Gasteiger partial charge in [-0.05, 0) is 36.4 Å². The Morgan fingerprint density at radius 1 is 1.18 bits per heavy atom. The quantitative estimate of drug-likeness (QED) is 0.536. The van der Waals surface area contributed by atoms with Gasteiger partial charge < -0.3 is 10.7 Å². The predicted octanol–water partition coefficient (Wildman–Crippen LogP) is 4.16. The number of nitrogens with one attached hydrogen (secondary N) is 1. The number of nitrogens with two attached hydrogens (primary N) is 1. The molecule has 0 unspecified atom stereocenters. The first-order valence-electron chi connectivity index (χ1n) is 7.94. The molecule has 4 aromatic rings. The lowest BCUT2D eigenvalue weighted by Gasteiger charge is -2.10. The Labute approximate surface area is 160 Å². The maximum atomic E-state index is 13.1. The van der Waals surface area contributed by atoms with Gasteiger partial charge in [-0.1, -0.05) is 11.6 Å². The third-order valence-corrected chi connectivity index (χ3v) is 4.57. The van der Waals surface area contributed by atoms with Crippen molar-refractivity contribution in [3.8, 4) is 22.5 Å². The molecule has 3 N–H and O–H groups in total. The lowest BCUT2D eigenvalue weighted by atomic mass is 10.0. The molecule has 0 fully saturated rings. The number of rotatable bonds is 3. The van der Waals surface area contributed by atoms with Crippen LogP contribution in [-0.2, 0) is 6.18 Å². The molecule has 0 saturated carbocycles. The molecule has 3 heterocycles. The summed E-state index contributed by atoms with van der Waals surface area (Å²) in [4.78, 5) is 19.0. The summed E-state index contributed by atoms with van der Waals surface area (Å²) in [6.45, 7) is 0. The average Bonchev–Trinajstić information content (AvgIpc) is 3.28. The van der Waals surface area contributed by atoms with Gasteiger partial charge in [-0.3, -0.25) is 4.79 Å². The van der Waals surface area contributed by atoms with E-state index in [0.717, 1.165) is 18.2 Å². The van der Waals surface area contributed by atoms with Crippen molar-refractivity contribution in [1.29, 1.82) is 0 Å². The van der Waals surface area contributed by atoms with Crippen molar-refractivity contribution in [3.63, 3.8) is 0 Å². The summed E-state index contributed by atoms with van der Waals surface area (Å²) in [6, 6.07) is 7.91. The zero-order valence-corrected chi connectivity index (χ0v) is 14.7. The number of hydrogen-bond acceptors (Lipinski definition) is 3.